The maximum atomic E-state index is 9.70. The van der Waals surface area contributed by atoms with Crippen LogP contribution in [0.15, 0.2) is 36.5 Å². The minimum atomic E-state index is -0.0568. The van der Waals surface area contributed by atoms with Crippen LogP contribution in [0.1, 0.15) is 25.8 Å². The number of hydrogen-bond donors (Lipinski definition) is 1. The van der Waals surface area contributed by atoms with Gasteiger partial charge in [0.15, 0.2) is 0 Å². The molecule has 1 aromatic carbocycles. The Balaban J connectivity index is 2.13. The van der Waals surface area contributed by atoms with Gasteiger partial charge in [0, 0.05) is 17.0 Å². The van der Waals surface area contributed by atoms with Crippen LogP contribution in [0.3, 0.4) is 0 Å². The smallest absolute Gasteiger partial charge is 0.0704 e. The van der Waals surface area contributed by atoms with Crippen molar-refractivity contribution in [2.45, 2.75) is 25.7 Å². The number of aliphatic hydroxyl groups excluding tert-OH is 1. The fourth-order valence-electron chi connectivity index (χ4n) is 2.93. The van der Waals surface area contributed by atoms with Gasteiger partial charge in [-0.15, -0.1) is 0 Å². The molecule has 0 aliphatic heterocycles. The Labute approximate surface area is 101 Å². The van der Waals surface area contributed by atoms with Gasteiger partial charge in [0.05, 0.1) is 12.1 Å². The Kier molecular flexibility index (Phi) is 2.08. The second kappa shape index (κ2) is 3.30. The van der Waals surface area contributed by atoms with Crippen molar-refractivity contribution < 1.29 is 5.11 Å². The van der Waals surface area contributed by atoms with E-state index in [9.17, 15) is 5.11 Å². The molecule has 17 heavy (non-hydrogen) atoms. The van der Waals surface area contributed by atoms with E-state index in [-0.39, 0.29) is 17.4 Å². The van der Waals surface area contributed by atoms with Gasteiger partial charge in [0.25, 0.3) is 0 Å². The maximum absolute atomic E-state index is 9.70. The molecule has 3 rings (SSSR count). The molecule has 1 aliphatic rings. The molecule has 88 valence electrons. The molecular formula is C15H17NO. The molecule has 2 heteroatoms. The summed E-state index contributed by atoms with van der Waals surface area (Å²) in [5, 5.41) is 10.9. The van der Waals surface area contributed by atoms with Crippen molar-refractivity contribution in [3.05, 3.63) is 42.1 Å². The van der Waals surface area contributed by atoms with Crippen molar-refractivity contribution in [2.24, 2.45) is 5.41 Å². The quantitative estimate of drug-likeness (QED) is 0.855. The SMILES string of the molecule is CC1(C)CC1(CO)c1ccc2cccnc2c1. The van der Waals surface area contributed by atoms with Crippen molar-refractivity contribution in [1.82, 2.24) is 4.98 Å². The van der Waals surface area contributed by atoms with Gasteiger partial charge in [-0.2, -0.15) is 0 Å². The molecule has 1 heterocycles. The van der Waals surface area contributed by atoms with E-state index >= 15 is 0 Å². The molecular weight excluding hydrogens is 210 g/mol. The number of nitrogens with zero attached hydrogens (tertiary/aromatic N) is 1. The Morgan fingerprint density at radius 1 is 1.29 bits per heavy atom. The highest BCUT2D eigenvalue weighted by Crippen LogP contribution is 2.64. The Morgan fingerprint density at radius 2 is 2.06 bits per heavy atom. The third kappa shape index (κ3) is 1.40. The van der Waals surface area contributed by atoms with Crippen molar-refractivity contribution in [3.63, 3.8) is 0 Å². The van der Waals surface area contributed by atoms with Crippen LogP contribution in [0.2, 0.25) is 0 Å². The zero-order chi connectivity index (χ0) is 12.1. The highest BCUT2D eigenvalue weighted by Gasteiger charge is 2.61. The fourth-order valence-corrected chi connectivity index (χ4v) is 2.93. The van der Waals surface area contributed by atoms with Crippen molar-refractivity contribution in [2.75, 3.05) is 6.61 Å². The van der Waals surface area contributed by atoms with Gasteiger partial charge >= 0.3 is 0 Å². The molecule has 2 nitrogen and oxygen atoms in total. The molecule has 1 saturated carbocycles. The molecule has 0 spiro atoms. The van der Waals surface area contributed by atoms with Crippen molar-refractivity contribution in [1.29, 1.82) is 0 Å². The van der Waals surface area contributed by atoms with Crippen molar-refractivity contribution >= 4 is 10.9 Å². The lowest BCUT2D eigenvalue weighted by Crippen LogP contribution is -2.19. The Bertz CT molecular complexity index is 576. The van der Waals surface area contributed by atoms with Crippen LogP contribution in [-0.2, 0) is 5.41 Å². The normalized spacial score (nSPS) is 26.1. The van der Waals surface area contributed by atoms with Gasteiger partial charge < -0.3 is 5.11 Å². The van der Waals surface area contributed by atoms with Gasteiger partial charge in [0.2, 0.25) is 0 Å². The van der Waals surface area contributed by atoms with Crippen LogP contribution in [0.25, 0.3) is 10.9 Å². The van der Waals surface area contributed by atoms with Crippen LogP contribution in [0.4, 0.5) is 0 Å². The highest BCUT2D eigenvalue weighted by atomic mass is 16.3. The standard InChI is InChI=1S/C15H17NO/c1-14(2)9-15(14,10-17)12-6-5-11-4-3-7-16-13(11)8-12/h3-8,17H,9-10H2,1-2H3. The van der Waals surface area contributed by atoms with Gasteiger partial charge in [-0.3, -0.25) is 4.98 Å². The van der Waals surface area contributed by atoms with E-state index in [4.69, 9.17) is 0 Å². The first-order valence-corrected chi connectivity index (χ1v) is 6.05. The summed E-state index contributed by atoms with van der Waals surface area (Å²) in [4.78, 5) is 4.38. The van der Waals surface area contributed by atoms with Gasteiger partial charge in [-0.25, -0.2) is 0 Å². The lowest BCUT2D eigenvalue weighted by Gasteiger charge is -2.18. The van der Waals surface area contributed by atoms with Gasteiger partial charge in [-0.1, -0.05) is 32.0 Å². The largest absolute Gasteiger partial charge is 0.395 e. The number of aliphatic hydroxyl groups is 1. The zero-order valence-corrected chi connectivity index (χ0v) is 10.3. The molecule has 1 atom stereocenters. The van der Waals surface area contributed by atoms with Crippen LogP contribution >= 0.6 is 0 Å². The summed E-state index contributed by atoms with van der Waals surface area (Å²) in [7, 11) is 0. The summed E-state index contributed by atoms with van der Waals surface area (Å²) < 4.78 is 0. The van der Waals surface area contributed by atoms with E-state index in [1.165, 1.54) is 5.56 Å². The Morgan fingerprint density at radius 3 is 2.71 bits per heavy atom. The summed E-state index contributed by atoms with van der Waals surface area (Å²) in [5.41, 5.74) is 2.37. The summed E-state index contributed by atoms with van der Waals surface area (Å²) in [6.07, 6.45) is 2.87. The summed E-state index contributed by atoms with van der Waals surface area (Å²) >= 11 is 0. The lowest BCUT2D eigenvalue weighted by molar-refractivity contribution is 0.231. The molecule has 0 bridgehead atoms. The van der Waals surface area contributed by atoms with Crippen LogP contribution < -0.4 is 0 Å². The minimum Gasteiger partial charge on any atom is -0.395 e. The minimum absolute atomic E-state index is 0.0568. The first-order chi connectivity index (χ1) is 8.09. The molecule has 2 aromatic rings. The summed E-state index contributed by atoms with van der Waals surface area (Å²) in [5.74, 6) is 0. The topological polar surface area (TPSA) is 33.1 Å². The molecule has 1 aliphatic carbocycles. The van der Waals surface area contributed by atoms with Crippen LogP contribution in [0.5, 0.6) is 0 Å². The highest BCUT2D eigenvalue weighted by molar-refractivity contribution is 5.79. The number of fused-ring (bicyclic) bond motifs is 1. The molecule has 0 saturated heterocycles. The van der Waals surface area contributed by atoms with E-state index in [2.05, 4.69) is 43.1 Å². The number of benzene rings is 1. The monoisotopic (exact) mass is 227 g/mol. The van der Waals surface area contributed by atoms with E-state index in [0.717, 1.165) is 17.3 Å². The third-order valence-corrected chi connectivity index (χ3v) is 4.34. The first-order valence-electron chi connectivity index (χ1n) is 6.05. The van der Waals surface area contributed by atoms with Crippen molar-refractivity contribution in [3.8, 4) is 0 Å². The predicted molar refractivity (Wildman–Crippen MR) is 68.9 cm³/mol. The van der Waals surface area contributed by atoms with E-state index in [1.54, 1.807) is 0 Å². The average molecular weight is 227 g/mol. The summed E-state index contributed by atoms with van der Waals surface area (Å²) in [6.45, 7) is 4.65. The molecule has 1 N–H and O–H groups in total. The van der Waals surface area contributed by atoms with Gasteiger partial charge in [-0.05, 0) is 29.5 Å². The zero-order valence-electron chi connectivity index (χ0n) is 10.3. The van der Waals surface area contributed by atoms with E-state index in [0.29, 0.717) is 0 Å². The predicted octanol–water partition coefficient (Wildman–Crippen LogP) is 2.89. The number of aromatic nitrogens is 1. The molecule has 1 unspecified atom stereocenters. The molecule has 1 aromatic heterocycles. The molecule has 0 radical (unpaired) electrons. The average Bonchev–Trinajstić information content (AvgIpc) is 2.92. The van der Waals surface area contributed by atoms with E-state index in [1.807, 2.05) is 12.3 Å². The first kappa shape index (κ1) is 10.7. The number of rotatable bonds is 2. The van der Waals surface area contributed by atoms with Gasteiger partial charge in [0.1, 0.15) is 0 Å². The fraction of sp³-hybridized carbons (Fsp3) is 0.400. The van der Waals surface area contributed by atoms with E-state index < -0.39 is 0 Å². The number of pyridine rings is 1. The maximum Gasteiger partial charge on any atom is 0.0704 e. The second-order valence-electron chi connectivity index (χ2n) is 5.71. The summed E-state index contributed by atoms with van der Waals surface area (Å²) in [6, 6.07) is 10.4. The van der Waals surface area contributed by atoms with Crippen LogP contribution in [0, 0.1) is 5.41 Å². The molecule has 0 amide bonds. The third-order valence-electron chi connectivity index (χ3n) is 4.34. The Hall–Kier alpha value is -1.41. The lowest BCUT2D eigenvalue weighted by atomic mass is 9.88. The molecule has 1 fully saturated rings. The second-order valence-corrected chi connectivity index (χ2v) is 5.71. The number of hydrogen-bond acceptors (Lipinski definition) is 2. The van der Waals surface area contributed by atoms with Crippen LogP contribution in [-0.4, -0.2) is 16.7 Å².